The summed E-state index contributed by atoms with van der Waals surface area (Å²) in [4.78, 5) is 14.9. The van der Waals surface area contributed by atoms with E-state index in [1.54, 1.807) is 11.0 Å². The average molecular weight is 366 g/mol. The molecule has 0 saturated carbocycles. The molecule has 4 heteroatoms. The molecule has 142 valence electrons. The molecule has 1 atom stereocenters. The second-order valence-corrected chi connectivity index (χ2v) is 7.95. The van der Waals surface area contributed by atoms with Gasteiger partial charge in [0.05, 0.1) is 5.54 Å². The maximum absolute atomic E-state index is 13.6. The molecule has 3 rings (SSSR count). The van der Waals surface area contributed by atoms with Crippen LogP contribution in [0, 0.1) is 5.82 Å². The van der Waals surface area contributed by atoms with Gasteiger partial charge in [0.1, 0.15) is 5.82 Å². The van der Waals surface area contributed by atoms with E-state index in [2.05, 4.69) is 18.0 Å². The number of carbonyl (C=O) groups excluding carboxylic acids is 1. The van der Waals surface area contributed by atoms with Crippen LogP contribution in [0.4, 0.5) is 14.9 Å². The number of hydrogen-bond donors (Lipinski definition) is 1. The fraction of sp³-hybridized carbons (Fsp3) is 0.348. The van der Waals surface area contributed by atoms with Gasteiger partial charge in [0.2, 0.25) is 0 Å². The molecule has 0 radical (unpaired) electrons. The van der Waals surface area contributed by atoms with Crippen molar-refractivity contribution in [3.8, 4) is 0 Å². The highest BCUT2D eigenvalue weighted by Crippen LogP contribution is 2.32. The molecule has 0 saturated heterocycles. The number of benzene rings is 2. The van der Waals surface area contributed by atoms with E-state index >= 15 is 0 Å². The fourth-order valence-corrected chi connectivity index (χ4v) is 3.60. The van der Waals surface area contributed by atoms with Gasteiger partial charge >= 0.3 is 6.03 Å². The molecule has 0 aliphatic carbocycles. The third-order valence-corrected chi connectivity index (χ3v) is 5.29. The lowest BCUT2D eigenvalue weighted by molar-refractivity contribution is 0.232. The third-order valence-electron chi connectivity index (χ3n) is 5.29. The van der Waals surface area contributed by atoms with Crippen LogP contribution in [-0.4, -0.2) is 12.1 Å². The van der Waals surface area contributed by atoms with Crippen LogP contribution in [0.25, 0.3) is 5.57 Å². The molecule has 0 aromatic heterocycles. The smallest absolute Gasteiger partial charge is 0.322 e. The van der Waals surface area contributed by atoms with Crippen molar-refractivity contribution < 1.29 is 9.18 Å². The summed E-state index contributed by atoms with van der Waals surface area (Å²) in [5.74, 6) is -0.263. The number of anilines is 1. The van der Waals surface area contributed by atoms with Crippen molar-refractivity contribution in [2.45, 2.75) is 52.1 Å². The Hall–Kier alpha value is -2.62. The van der Waals surface area contributed by atoms with Crippen LogP contribution in [0.3, 0.4) is 0 Å². The zero-order valence-corrected chi connectivity index (χ0v) is 16.5. The summed E-state index contributed by atoms with van der Waals surface area (Å²) in [6.45, 7) is 12.0. The summed E-state index contributed by atoms with van der Waals surface area (Å²) in [7, 11) is 0. The Morgan fingerprint density at radius 3 is 2.70 bits per heavy atom. The third kappa shape index (κ3) is 3.90. The van der Waals surface area contributed by atoms with Crippen molar-refractivity contribution in [1.82, 2.24) is 5.32 Å². The van der Waals surface area contributed by atoms with Crippen LogP contribution < -0.4 is 10.2 Å². The molecule has 2 aromatic carbocycles. The molecule has 1 heterocycles. The zero-order chi connectivity index (χ0) is 19.8. The van der Waals surface area contributed by atoms with Crippen LogP contribution >= 0.6 is 0 Å². The number of rotatable bonds is 3. The van der Waals surface area contributed by atoms with Crippen molar-refractivity contribution in [2.24, 2.45) is 0 Å². The number of nitrogens with one attached hydrogen (secondary N) is 1. The predicted octanol–water partition coefficient (Wildman–Crippen LogP) is 5.64. The first-order valence-corrected chi connectivity index (χ1v) is 9.35. The van der Waals surface area contributed by atoms with Gasteiger partial charge in [-0.1, -0.05) is 30.4 Å². The summed E-state index contributed by atoms with van der Waals surface area (Å²) in [5.41, 5.74) is 4.17. The first-order valence-electron chi connectivity index (χ1n) is 9.35. The van der Waals surface area contributed by atoms with Gasteiger partial charge in [0.25, 0.3) is 0 Å². The minimum Gasteiger partial charge on any atom is -0.329 e. The summed E-state index contributed by atoms with van der Waals surface area (Å²) in [6.07, 6.45) is 1.59. The highest BCUT2D eigenvalue weighted by molar-refractivity contribution is 5.94. The minimum absolute atomic E-state index is 0.0560. The molecule has 1 aliphatic heterocycles. The van der Waals surface area contributed by atoms with Crippen LogP contribution in [0.2, 0.25) is 0 Å². The molecule has 27 heavy (non-hydrogen) atoms. The average Bonchev–Trinajstić information content (AvgIpc) is 2.61. The van der Waals surface area contributed by atoms with Crippen molar-refractivity contribution in [3.63, 3.8) is 0 Å². The van der Waals surface area contributed by atoms with Gasteiger partial charge in [-0.2, -0.15) is 0 Å². The molecule has 0 bridgehead atoms. The van der Waals surface area contributed by atoms with E-state index in [0.717, 1.165) is 40.8 Å². The highest BCUT2D eigenvalue weighted by atomic mass is 19.1. The van der Waals surface area contributed by atoms with Gasteiger partial charge in [-0.15, -0.1) is 0 Å². The zero-order valence-electron chi connectivity index (χ0n) is 16.5. The van der Waals surface area contributed by atoms with Gasteiger partial charge in [-0.25, -0.2) is 9.18 Å². The Balaban J connectivity index is 1.88. The van der Waals surface area contributed by atoms with E-state index < -0.39 is 5.54 Å². The number of carbonyl (C=O) groups is 1. The topological polar surface area (TPSA) is 32.3 Å². The number of amides is 2. The van der Waals surface area contributed by atoms with Crippen LogP contribution in [0.5, 0.6) is 0 Å². The summed E-state index contributed by atoms with van der Waals surface area (Å²) >= 11 is 0. The number of allylic oxidation sites excluding steroid dienone is 1. The lowest BCUT2D eigenvalue weighted by atomic mass is 9.91. The monoisotopic (exact) mass is 366 g/mol. The molecular weight excluding hydrogens is 339 g/mol. The number of hydrogen-bond acceptors (Lipinski definition) is 1. The van der Waals surface area contributed by atoms with Crippen molar-refractivity contribution >= 4 is 17.3 Å². The second kappa shape index (κ2) is 7.18. The SMILES string of the molecule is C=C(C)c1cccc(C(C)(C)NC(=O)N2c3ccc(F)cc3CCC2C)c1. The quantitative estimate of drug-likeness (QED) is 0.748. The van der Waals surface area contributed by atoms with Gasteiger partial charge in [0.15, 0.2) is 0 Å². The molecule has 2 amide bonds. The molecule has 3 nitrogen and oxygen atoms in total. The van der Waals surface area contributed by atoms with Gasteiger partial charge < -0.3 is 5.32 Å². The fourth-order valence-electron chi connectivity index (χ4n) is 3.60. The Kier molecular flexibility index (Phi) is 5.09. The Bertz CT molecular complexity index is 888. The summed E-state index contributed by atoms with van der Waals surface area (Å²) < 4.78 is 13.6. The molecule has 1 aliphatic rings. The molecular formula is C23H27FN2O. The van der Waals surface area contributed by atoms with E-state index in [9.17, 15) is 9.18 Å². The number of aryl methyl sites for hydroxylation is 1. The predicted molar refractivity (Wildman–Crippen MR) is 109 cm³/mol. The standard InChI is InChI=1S/C23H27FN2O/c1-15(2)17-7-6-8-19(13-17)23(4,5)25-22(27)26-16(3)9-10-18-14-20(24)11-12-21(18)26/h6-8,11-14,16H,1,9-10H2,2-5H3,(H,25,27). The van der Waals surface area contributed by atoms with E-state index in [4.69, 9.17) is 0 Å². The number of urea groups is 1. The van der Waals surface area contributed by atoms with Gasteiger partial charge in [-0.05, 0) is 81.5 Å². The Labute approximate surface area is 160 Å². The normalized spacial score (nSPS) is 16.6. The van der Waals surface area contributed by atoms with Crippen LogP contribution in [0.1, 0.15) is 50.8 Å². The first-order chi connectivity index (χ1) is 12.7. The first kappa shape index (κ1) is 19.2. The highest BCUT2D eigenvalue weighted by Gasteiger charge is 2.32. The lowest BCUT2D eigenvalue weighted by Gasteiger charge is -2.38. The summed E-state index contributed by atoms with van der Waals surface area (Å²) in [6, 6.07) is 12.6. The number of halogens is 1. The Morgan fingerprint density at radius 2 is 2.00 bits per heavy atom. The van der Waals surface area contributed by atoms with Crippen molar-refractivity contribution in [3.05, 3.63) is 71.6 Å². The summed E-state index contributed by atoms with van der Waals surface area (Å²) in [5, 5.41) is 3.16. The molecule has 2 aromatic rings. The molecule has 1 N–H and O–H groups in total. The van der Waals surface area contributed by atoms with Gasteiger partial charge in [-0.3, -0.25) is 4.90 Å². The minimum atomic E-state index is -0.556. The van der Waals surface area contributed by atoms with Crippen molar-refractivity contribution in [1.29, 1.82) is 0 Å². The Morgan fingerprint density at radius 1 is 1.26 bits per heavy atom. The van der Waals surface area contributed by atoms with E-state index in [1.807, 2.05) is 45.9 Å². The van der Waals surface area contributed by atoms with Crippen LogP contribution in [0.15, 0.2) is 49.0 Å². The largest absolute Gasteiger partial charge is 0.329 e. The van der Waals surface area contributed by atoms with Gasteiger partial charge in [0, 0.05) is 11.7 Å². The maximum atomic E-state index is 13.6. The van der Waals surface area contributed by atoms with Crippen LogP contribution in [-0.2, 0) is 12.0 Å². The maximum Gasteiger partial charge on any atom is 0.322 e. The lowest BCUT2D eigenvalue weighted by Crippen LogP contribution is -2.53. The van der Waals surface area contributed by atoms with E-state index in [1.165, 1.54) is 12.1 Å². The number of fused-ring (bicyclic) bond motifs is 1. The molecule has 1 unspecified atom stereocenters. The second-order valence-electron chi connectivity index (χ2n) is 7.95. The molecule has 0 fully saturated rings. The van der Waals surface area contributed by atoms with Crippen molar-refractivity contribution in [2.75, 3.05) is 4.90 Å². The molecule has 0 spiro atoms. The van der Waals surface area contributed by atoms with E-state index in [-0.39, 0.29) is 17.9 Å². The van der Waals surface area contributed by atoms with E-state index in [0.29, 0.717) is 0 Å². The number of nitrogens with zero attached hydrogens (tertiary/aromatic N) is 1.